The number of carbonyl (C=O) groups excluding carboxylic acids is 1. The van der Waals surface area contributed by atoms with Crippen LogP contribution in [0.25, 0.3) is 0 Å². The first-order valence-electron chi connectivity index (χ1n) is 8.87. The summed E-state index contributed by atoms with van der Waals surface area (Å²) in [5.41, 5.74) is 6.48. The molecule has 1 heterocycles. The zero-order valence-corrected chi connectivity index (χ0v) is 15.2. The van der Waals surface area contributed by atoms with Gasteiger partial charge in [0.25, 0.3) is 5.91 Å². The SMILES string of the molecule is CC(C)(C)C[C@H]1CCc2[nH]nc(C(=O)N/N=C\c3ccccc3)c2C1. The number of hydrazone groups is 1. The Bertz CT molecular complexity index is 756. The van der Waals surface area contributed by atoms with Crippen molar-refractivity contribution in [2.24, 2.45) is 16.4 Å². The third-order valence-corrected chi connectivity index (χ3v) is 4.54. The predicted molar refractivity (Wildman–Crippen MR) is 99.7 cm³/mol. The summed E-state index contributed by atoms with van der Waals surface area (Å²) in [6, 6.07) is 9.68. The highest BCUT2D eigenvalue weighted by atomic mass is 16.2. The van der Waals surface area contributed by atoms with Crippen molar-refractivity contribution in [2.45, 2.75) is 46.5 Å². The molecule has 2 N–H and O–H groups in total. The van der Waals surface area contributed by atoms with Gasteiger partial charge in [-0.25, -0.2) is 5.43 Å². The van der Waals surface area contributed by atoms with Crippen LogP contribution in [0.5, 0.6) is 0 Å². The lowest BCUT2D eigenvalue weighted by atomic mass is 9.76. The van der Waals surface area contributed by atoms with Crippen LogP contribution in [0, 0.1) is 11.3 Å². The van der Waals surface area contributed by atoms with E-state index < -0.39 is 0 Å². The molecule has 2 aromatic rings. The molecule has 0 saturated carbocycles. The summed E-state index contributed by atoms with van der Waals surface area (Å²) in [4.78, 5) is 12.5. The first-order chi connectivity index (χ1) is 11.9. The molecule has 5 heteroatoms. The van der Waals surface area contributed by atoms with Gasteiger partial charge in [0.2, 0.25) is 0 Å². The van der Waals surface area contributed by atoms with Crippen molar-refractivity contribution < 1.29 is 4.79 Å². The molecule has 1 atom stereocenters. The van der Waals surface area contributed by atoms with E-state index in [2.05, 4.69) is 41.5 Å². The number of aryl methyl sites for hydroxylation is 1. The summed E-state index contributed by atoms with van der Waals surface area (Å²) < 4.78 is 0. The van der Waals surface area contributed by atoms with Crippen LogP contribution in [-0.4, -0.2) is 22.3 Å². The molecule has 0 fully saturated rings. The maximum absolute atomic E-state index is 12.5. The van der Waals surface area contributed by atoms with Crippen LogP contribution >= 0.6 is 0 Å². The molecule has 0 spiro atoms. The Kier molecular flexibility index (Phi) is 5.02. The van der Waals surface area contributed by atoms with Crippen molar-refractivity contribution >= 4 is 12.1 Å². The maximum Gasteiger partial charge on any atom is 0.292 e. The van der Waals surface area contributed by atoms with Gasteiger partial charge in [0.1, 0.15) is 0 Å². The zero-order chi connectivity index (χ0) is 17.9. The molecule has 0 radical (unpaired) electrons. The molecule has 1 aromatic heterocycles. The largest absolute Gasteiger partial charge is 0.292 e. The molecule has 0 saturated heterocycles. The summed E-state index contributed by atoms with van der Waals surface area (Å²) in [7, 11) is 0. The Hall–Kier alpha value is -2.43. The second kappa shape index (κ2) is 7.21. The molecule has 25 heavy (non-hydrogen) atoms. The number of rotatable bonds is 4. The van der Waals surface area contributed by atoms with Crippen molar-refractivity contribution in [1.29, 1.82) is 0 Å². The Morgan fingerprint density at radius 2 is 2.12 bits per heavy atom. The van der Waals surface area contributed by atoms with Crippen LogP contribution in [0.2, 0.25) is 0 Å². The number of hydrogen-bond donors (Lipinski definition) is 2. The average Bonchev–Trinajstić information content (AvgIpc) is 2.97. The first-order valence-corrected chi connectivity index (χ1v) is 8.87. The zero-order valence-electron chi connectivity index (χ0n) is 15.2. The Labute approximate surface area is 148 Å². The standard InChI is InChI=1S/C20H26N4O/c1-20(2,3)12-15-9-10-17-16(11-15)18(23-22-17)19(25)24-21-13-14-7-5-4-6-8-14/h4-8,13,15H,9-12H2,1-3H3,(H,22,23)(H,24,25)/b21-13-/t15-/m0/s1. The molecule has 3 rings (SSSR count). The van der Waals surface area contributed by atoms with Gasteiger partial charge in [-0.3, -0.25) is 9.89 Å². The number of benzene rings is 1. The fraction of sp³-hybridized carbons (Fsp3) is 0.450. The number of nitrogens with one attached hydrogen (secondary N) is 2. The van der Waals surface area contributed by atoms with E-state index in [0.29, 0.717) is 17.0 Å². The number of aromatic nitrogens is 2. The number of aromatic amines is 1. The van der Waals surface area contributed by atoms with Crippen LogP contribution in [0.1, 0.15) is 60.9 Å². The molecule has 0 unspecified atom stereocenters. The maximum atomic E-state index is 12.5. The second-order valence-corrected chi connectivity index (χ2v) is 8.01. The van der Waals surface area contributed by atoms with Gasteiger partial charge in [0.05, 0.1) is 6.21 Å². The van der Waals surface area contributed by atoms with Crippen molar-refractivity contribution in [3.05, 3.63) is 52.8 Å². The van der Waals surface area contributed by atoms with E-state index in [1.54, 1.807) is 6.21 Å². The van der Waals surface area contributed by atoms with E-state index in [4.69, 9.17) is 0 Å². The van der Waals surface area contributed by atoms with Crippen molar-refractivity contribution in [1.82, 2.24) is 15.6 Å². The number of H-pyrrole nitrogens is 1. The van der Waals surface area contributed by atoms with Crippen molar-refractivity contribution in [3.63, 3.8) is 0 Å². The molecule has 1 aliphatic carbocycles. The van der Waals surface area contributed by atoms with Gasteiger partial charge in [-0.1, -0.05) is 51.1 Å². The van der Waals surface area contributed by atoms with Crippen LogP contribution < -0.4 is 5.43 Å². The summed E-state index contributed by atoms with van der Waals surface area (Å²) in [6.07, 6.45) is 5.82. The van der Waals surface area contributed by atoms with E-state index in [-0.39, 0.29) is 5.91 Å². The monoisotopic (exact) mass is 338 g/mol. The van der Waals surface area contributed by atoms with Gasteiger partial charge in [0.15, 0.2) is 5.69 Å². The van der Waals surface area contributed by atoms with Crippen LogP contribution in [0.4, 0.5) is 0 Å². The molecule has 0 aliphatic heterocycles. The summed E-state index contributed by atoms with van der Waals surface area (Å²) in [5.74, 6) is 0.352. The predicted octanol–water partition coefficient (Wildman–Crippen LogP) is 3.71. The lowest BCUT2D eigenvalue weighted by Crippen LogP contribution is -2.24. The Morgan fingerprint density at radius 3 is 2.84 bits per heavy atom. The minimum absolute atomic E-state index is 0.249. The number of carbonyl (C=O) groups is 1. The summed E-state index contributed by atoms with van der Waals surface area (Å²) in [5, 5.41) is 11.3. The van der Waals surface area contributed by atoms with Gasteiger partial charge in [0, 0.05) is 11.3 Å². The van der Waals surface area contributed by atoms with E-state index in [9.17, 15) is 4.79 Å². The van der Waals surface area contributed by atoms with E-state index >= 15 is 0 Å². The van der Waals surface area contributed by atoms with Gasteiger partial charge >= 0.3 is 0 Å². The van der Waals surface area contributed by atoms with Gasteiger partial charge in [-0.2, -0.15) is 10.2 Å². The Balaban J connectivity index is 1.67. The van der Waals surface area contributed by atoms with Crippen molar-refractivity contribution in [2.75, 3.05) is 0 Å². The third-order valence-electron chi connectivity index (χ3n) is 4.54. The molecule has 132 valence electrons. The average molecular weight is 338 g/mol. The van der Waals surface area contributed by atoms with Gasteiger partial charge < -0.3 is 0 Å². The molecule has 1 amide bonds. The van der Waals surface area contributed by atoms with Crippen LogP contribution in [-0.2, 0) is 12.8 Å². The van der Waals surface area contributed by atoms with Crippen LogP contribution in [0.3, 0.4) is 0 Å². The molecule has 1 aliphatic rings. The van der Waals surface area contributed by atoms with E-state index in [1.165, 1.54) is 0 Å². The summed E-state index contributed by atoms with van der Waals surface area (Å²) in [6.45, 7) is 6.80. The third kappa shape index (κ3) is 4.56. The lowest BCUT2D eigenvalue weighted by Gasteiger charge is -2.28. The normalized spacial score (nSPS) is 17.5. The number of nitrogens with zero attached hydrogens (tertiary/aromatic N) is 2. The number of amides is 1. The molecular weight excluding hydrogens is 312 g/mol. The van der Waals surface area contributed by atoms with Crippen molar-refractivity contribution in [3.8, 4) is 0 Å². The highest BCUT2D eigenvalue weighted by molar-refractivity contribution is 5.94. The minimum atomic E-state index is -0.249. The topological polar surface area (TPSA) is 70.1 Å². The van der Waals surface area contributed by atoms with E-state index in [1.807, 2.05) is 30.3 Å². The minimum Gasteiger partial charge on any atom is -0.281 e. The molecule has 1 aromatic carbocycles. The summed E-state index contributed by atoms with van der Waals surface area (Å²) >= 11 is 0. The Morgan fingerprint density at radius 1 is 1.36 bits per heavy atom. The molecule has 0 bridgehead atoms. The molecular formula is C20H26N4O. The highest BCUT2D eigenvalue weighted by Crippen LogP contribution is 2.34. The van der Waals surface area contributed by atoms with Crippen LogP contribution in [0.15, 0.2) is 35.4 Å². The van der Waals surface area contributed by atoms with Gasteiger partial charge in [-0.15, -0.1) is 0 Å². The fourth-order valence-corrected chi connectivity index (χ4v) is 3.55. The number of fused-ring (bicyclic) bond motifs is 1. The lowest BCUT2D eigenvalue weighted by molar-refractivity contribution is 0.0948. The molecule has 5 nitrogen and oxygen atoms in total. The fourth-order valence-electron chi connectivity index (χ4n) is 3.55. The van der Waals surface area contributed by atoms with E-state index in [0.717, 1.165) is 42.5 Å². The highest BCUT2D eigenvalue weighted by Gasteiger charge is 2.28. The van der Waals surface area contributed by atoms with Gasteiger partial charge in [-0.05, 0) is 42.6 Å². The number of hydrogen-bond acceptors (Lipinski definition) is 3. The second-order valence-electron chi connectivity index (χ2n) is 8.01. The quantitative estimate of drug-likeness (QED) is 0.659. The first kappa shape index (κ1) is 17.4. The smallest absolute Gasteiger partial charge is 0.281 e.